The largest absolute Gasteiger partial charge is 0.352 e. The summed E-state index contributed by atoms with van der Waals surface area (Å²) in [6, 6.07) is 12.3. The maximum atomic E-state index is 12.8. The quantitative estimate of drug-likeness (QED) is 0.704. The lowest BCUT2D eigenvalue weighted by atomic mass is 10.2. The van der Waals surface area contributed by atoms with E-state index in [4.69, 9.17) is 0 Å². The second-order valence-electron chi connectivity index (χ2n) is 5.39. The highest BCUT2D eigenvalue weighted by Gasteiger charge is 2.10. The summed E-state index contributed by atoms with van der Waals surface area (Å²) in [6.45, 7) is 1.60. The molecule has 0 saturated carbocycles. The molecule has 6 nitrogen and oxygen atoms in total. The van der Waals surface area contributed by atoms with E-state index in [0.29, 0.717) is 11.4 Å². The molecule has 0 radical (unpaired) electrons. The summed E-state index contributed by atoms with van der Waals surface area (Å²) in [5.74, 6) is -1.49. The Kier molecular flexibility index (Phi) is 6.22. The Bertz CT molecular complexity index is 775. The van der Waals surface area contributed by atoms with Crippen molar-refractivity contribution in [2.24, 2.45) is 0 Å². The number of carbonyl (C=O) groups excluding carboxylic acids is 3. The summed E-state index contributed by atoms with van der Waals surface area (Å²) in [6.07, 6.45) is -0.342. The molecule has 0 aliphatic carbocycles. The van der Waals surface area contributed by atoms with Gasteiger partial charge in [-0.1, -0.05) is 18.2 Å². The Morgan fingerprint density at radius 3 is 2.20 bits per heavy atom. The van der Waals surface area contributed by atoms with Crippen LogP contribution >= 0.6 is 0 Å². The fourth-order valence-electron chi connectivity index (χ4n) is 2.09. The first-order valence-corrected chi connectivity index (χ1v) is 7.61. The molecule has 2 aromatic rings. The first-order chi connectivity index (χ1) is 11.9. The van der Waals surface area contributed by atoms with Crippen molar-refractivity contribution >= 4 is 29.1 Å². The normalized spacial score (nSPS) is 10.0. The zero-order valence-corrected chi connectivity index (χ0v) is 13.6. The zero-order valence-electron chi connectivity index (χ0n) is 13.6. The lowest BCUT2D eigenvalue weighted by molar-refractivity contribution is -0.127. The van der Waals surface area contributed by atoms with Gasteiger partial charge in [-0.2, -0.15) is 0 Å². The van der Waals surface area contributed by atoms with Crippen molar-refractivity contribution in [2.45, 2.75) is 19.9 Å². The molecule has 0 aromatic heterocycles. The monoisotopic (exact) mass is 343 g/mol. The van der Waals surface area contributed by atoms with E-state index in [2.05, 4.69) is 16.0 Å². The van der Waals surface area contributed by atoms with Crippen molar-refractivity contribution in [3.63, 3.8) is 0 Å². The van der Waals surface area contributed by atoms with Crippen LogP contribution in [0.15, 0.2) is 48.5 Å². The molecule has 0 saturated heterocycles. The Morgan fingerprint density at radius 2 is 1.56 bits per heavy atom. The highest BCUT2D eigenvalue weighted by Crippen LogP contribution is 2.15. The SMILES string of the molecule is CC(=O)Nc1cccc(NC(=O)CC(=O)NCc2ccc(F)cc2)c1. The number of hydrogen-bond acceptors (Lipinski definition) is 3. The molecule has 7 heteroatoms. The minimum absolute atomic E-state index is 0.213. The summed E-state index contributed by atoms with van der Waals surface area (Å²) >= 11 is 0. The minimum atomic E-state index is -0.475. The Balaban J connectivity index is 1.82. The summed E-state index contributed by atoms with van der Waals surface area (Å²) in [5.41, 5.74) is 1.76. The van der Waals surface area contributed by atoms with Crippen molar-refractivity contribution in [2.75, 3.05) is 10.6 Å². The number of carbonyl (C=O) groups is 3. The van der Waals surface area contributed by atoms with Gasteiger partial charge in [0, 0.05) is 24.8 Å². The van der Waals surface area contributed by atoms with E-state index in [9.17, 15) is 18.8 Å². The summed E-state index contributed by atoms with van der Waals surface area (Å²) in [5, 5.41) is 7.79. The zero-order chi connectivity index (χ0) is 18.2. The van der Waals surface area contributed by atoms with E-state index in [1.807, 2.05) is 0 Å². The van der Waals surface area contributed by atoms with Gasteiger partial charge in [0.2, 0.25) is 17.7 Å². The molecule has 0 unspecified atom stereocenters. The third-order valence-corrected chi connectivity index (χ3v) is 3.19. The van der Waals surface area contributed by atoms with Gasteiger partial charge >= 0.3 is 0 Å². The topological polar surface area (TPSA) is 87.3 Å². The molecule has 25 heavy (non-hydrogen) atoms. The molecule has 0 heterocycles. The molecule has 0 bridgehead atoms. The minimum Gasteiger partial charge on any atom is -0.352 e. The third-order valence-electron chi connectivity index (χ3n) is 3.19. The fraction of sp³-hybridized carbons (Fsp3) is 0.167. The van der Waals surface area contributed by atoms with Crippen LogP contribution < -0.4 is 16.0 Å². The summed E-state index contributed by atoms with van der Waals surface area (Å²) in [7, 11) is 0. The van der Waals surface area contributed by atoms with Crippen molar-refractivity contribution in [3.8, 4) is 0 Å². The highest BCUT2D eigenvalue weighted by atomic mass is 19.1. The second-order valence-corrected chi connectivity index (χ2v) is 5.39. The van der Waals surface area contributed by atoms with Crippen molar-refractivity contribution in [1.29, 1.82) is 0 Å². The smallest absolute Gasteiger partial charge is 0.233 e. The average molecular weight is 343 g/mol. The van der Waals surface area contributed by atoms with Gasteiger partial charge in [0.15, 0.2) is 0 Å². The number of amides is 3. The predicted octanol–water partition coefficient (Wildman–Crippen LogP) is 2.43. The number of rotatable bonds is 6. The number of anilines is 2. The van der Waals surface area contributed by atoms with Crippen LogP contribution in [0.1, 0.15) is 18.9 Å². The van der Waals surface area contributed by atoms with Gasteiger partial charge in [-0.25, -0.2) is 4.39 Å². The van der Waals surface area contributed by atoms with Crippen LogP contribution in [0.3, 0.4) is 0 Å². The van der Waals surface area contributed by atoms with E-state index < -0.39 is 11.8 Å². The molecule has 2 rings (SSSR count). The maximum absolute atomic E-state index is 12.8. The molecule has 0 spiro atoms. The lowest BCUT2D eigenvalue weighted by Gasteiger charge is -2.08. The van der Waals surface area contributed by atoms with Gasteiger partial charge in [-0.05, 0) is 35.9 Å². The van der Waals surface area contributed by atoms with Crippen LogP contribution in [0.2, 0.25) is 0 Å². The van der Waals surface area contributed by atoms with Crippen LogP contribution in [-0.2, 0) is 20.9 Å². The number of halogens is 1. The van der Waals surface area contributed by atoms with Gasteiger partial charge < -0.3 is 16.0 Å². The van der Waals surface area contributed by atoms with E-state index in [-0.39, 0.29) is 24.7 Å². The van der Waals surface area contributed by atoms with Gasteiger partial charge in [0.25, 0.3) is 0 Å². The molecule has 130 valence electrons. The first-order valence-electron chi connectivity index (χ1n) is 7.61. The molecule has 0 fully saturated rings. The number of benzene rings is 2. The molecule has 0 atom stereocenters. The standard InChI is InChI=1S/C18H18FN3O3/c1-12(23)21-15-3-2-4-16(9-15)22-18(25)10-17(24)20-11-13-5-7-14(19)8-6-13/h2-9H,10-11H2,1H3,(H,20,24)(H,21,23)(H,22,25). The fourth-order valence-corrected chi connectivity index (χ4v) is 2.09. The molecular weight excluding hydrogens is 325 g/mol. The summed E-state index contributed by atoms with van der Waals surface area (Å²) < 4.78 is 12.8. The molecule has 3 N–H and O–H groups in total. The Labute approximate surface area is 144 Å². The average Bonchev–Trinajstić information content (AvgIpc) is 2.54. The van der Waals surface area contributed by atoms with Crippen LogP contribution in [0.4, 0.5) is 15.8 Å². The van der Waals surface area contributed by atoms with Gasteiger partial charge in [-0.3, -0.25) is 14.4 Å². The van der Waals surface area contributed by atoms with E-state index in [1.54, 1.807) is 36.4 Å². The predicted molar refractivity (Wildman–Crippen MR) is 92.2 cm³/mol. The van der Waals surface area contributed by atoms with Gasteiger partial charge in [0.05, 0.1) is 0 Å². The Morgan fingerprint density at radius 1 is 0.920 bits per heavy atom. The van der Waals surface area contributed by atoms with Crippen molar-refractivity contribution < 1.29 is 18.8 Å². The van der Waals surface area contributed by atoms with Crippen LogP contribution in [-0.4, -0.2) is 17.7 Å². The van der Waals surface area contributed by atoms with Crippen LogP contribution in [0, 0.1) is 5.82 Å². The van der Waals surface area contributed by atoms with E-state index in [1.165, 1.54) is 19.1 Å². The summed E-state index contributed by atoms with van der Waals surface area (Å²) in [4.78, 5) is 34.7. The first kappa shape index (κ1) is 18.1. The van der Waals surface area contributed by atoms with Gasteiger partial charge in [-0.15, -0.1) is 0 Å². The Hall–Kier alpha value is -3.22. The highest BCUT2D eigenvalue weighted by molar-refractivity contribution is 6.03. The number of hydrogen-bond donors (Lipinski definition) is 3. The molecule has 0 aliphatic heterocycles. The van der Waals surface area contributed by atoms with Gasteiger partial charge in [0.1, 0.15) is 12.2 Å². The maximum Gasteiger partial charge on any atom is 0.233 e. The second kappa shape index (κ2) is 8.58. The number of nitrogens with one attached hydrogen (secondary N) is 3. The van der Waals surface area contributed by atoms with Crippen LogP contribution in [0.25, 0.3) is 0 Å². The van der Waals surface area contributed by atoms with E-state index in [0.717, 1.165) is 5.56 Å². The molecule has 2 aromatic carbocycles. The molecular formula is C18H18FN3O3. The van der Waals surface area contributed by atoms with Crippen molar-refractivity contribution in [1.82, 2.24) is 5.32 Å². The lowest BCUT2D eigenvalue weighted by Crippen LogP contribution is -2.27. The third kappa shape index (κ3) is 6.42. The van der Waals surface area contributed by atoms with Crippen molar-refractivity contribution in [3.05, 3.63) is 59.9 Å². The van der Waals surface area contributed by atoms with E-state index >= 15 is 0 Å². The van der Waals surface area contributed by atoms with Crippen LogP contribution in [0.5, 0.6) is 0 Å². The molecule has 3 amide bonds. The molecule has 0 aliphatic rings.